The molecule has 0 saturated carbocycles. The van der Waals surface area contributed by atoms with Gasteiger partial charge in [0.2, 0.25) is 0 Å². The Bertz CT molecular complexity index is 485. The molecule has 1 atom stereocenters. The van der Waals surface area contributed by atoms with Crippen molar-refractivity contribution < 1.29 is 4.74 Å². The Kier molecular flexibility index (Phi) is 5.79. The summed E-state index contributed by atoms with van der Waals surface area (Å²) >= 11 is 0. The summed E-state index contributed by atoms with van der Waals surface area (Å²) in [7, 11) is 1.73. The summed E-state index contributed by atoms with van der Waals surface area (Å²) in [5.74, 6) is 1.83. The summed E-state index contributed by atoms with van der Waals surface area (Å²) in [6.45, 7) is 12.0. The van der Waals surface area contributed by atoms with Crippen LogP contribution in [0.3, 0.4) is 0 Å². The van der Waals surface area contributed by atoms with E-state index in [1.807, 2.05) is 6.07 Å². The first-order valence-electron chi connectivity index (χ1n) is 9.08. The molecule has 0 spiro atoms. The standard InChI is InChI=1S/C19H31N3O/c1-17-5-4-8-21(16-17)10-9-20-11-13-22(14-12-20)18-6-3-7-19(15-18)23-2/h3,6-7,15,17H,4-5,8-14,16H2,1-2H3/t17-/m1/s1. The van der Waals surface area contributed by atoms with Gasteiger partial charge in [0.05, 0.1) is 7.11 Å². The molecule has 3 rings (SSSR count). The Hall–Kier alpha value is -1.26. The van der Waals surface area contributed by atoms with Gasteiger partial charge in [-0.05, 0) is 37.4 Å². The molecule has 0 aliphatic carbocycles. The first kappa shape index (κ1) is 16.6. The number of anilines is 1. The van der Waals surface area contributed by atoms with Gasteiger partial charge in [-0.3, -0.25) is 4.90 Å². The molecular weight excluding hydrogens is 286 g/mol. The van der Waals surface area contributed by atoms with E-state index in [2.05, 4.69) is 39.8 Å². The average Bonchev–Trinajstić information content (AvgIpc) is 2.60. The molecule has 0 unspecified atom stereocenters. The van der Waals surface area contributed by atoms with Crippen LogP contribution in [-0.4, -0.2) is 69.3 Å². The van der Waals surface area contributed by atoms with E-state index < -0.39 is 0 Å². The number of likely N-dealkylation sites (tertiary alicyclic amines) is 1. The molecule has 0 aromatic heterocycles. The lowest BCUT2D eigenvalue weighted by Gasteiger charge is -2.38. The minimum absolute atomic E-state index is 0.883. The molecule has 2 saturated heterocycles. The second kappa shape index (κ2) is 8.02. The Morgan fingerprint density at radius 1 is 1.04 bits per heavy atom. The van der Waals surface area contributed by atoms with Crippen molar-refractivity contribution >= 4 is 5.69 Å². The Morgan fingerprint density at radius 2 is 1.83 bits per heavy atom. The first-order chi connectivity index (χ1) is 11.2. The molecule has 2 heterocycles. The number of piperidine rings is 1. The number of benzene rings is 1. The van der Waals surface area contributed by atoms with E-state index >= 15 is 0 Å². The molecule has 0 radical (unpaired) electrons. The molecule has 1 aromatic carbocycles. The second-order valence-electron chi connectivity index (χ2n) is 7.08. The van der Waals surface area contributed by atoms with E-state index in [0.29, 0.717) is 0 Å². The van der Waals surface area contributed by atoms with E-state index in [4.69, 9.17) is 4.74 Å². The van der Waals surface area contributed by atoms with Gasteiger partial charge < -0.3 is 14.5 Å². The zero-order chi connectivity index (χ0) is 16.1. The number of piperazine rings is 1. The van der Waals surface area contributed by atoms with Crippen LogP contribution in [0.2, 0.25) is 0 Å². The largest absolute Gasteiger partial charge is 0.497 e. The highest BCUT2D eigenvalue weighted by molar-refractivity contribution is 5.51. The molecule has 4 nitrogen and oxygen atoms in total. The molecule has 2 aliphatic rings. The van der Waals surface area contributed by atoms with Gasteiger partial charge in [0.15, 0.2) is 0 Å². The maximum atomic E-state index is 5.34. The van der Waals surface area contributed by atoms with Crippen LogP contribution in [0.4, 0.5) is 5.69 Å². The summed E-state index contributed by atoms with van der Waals surface area (Å²) in [6, 6.07) is 8.43. The van der Waals surface area contributed by atoms with Crippen molar-refractivity contribution in [3.8, 4) is 5.75 Å². The van der Waals surface area contributed by atoms with Crippen LogP contribution in [0.25, 0.3) is 0 Å². The number of hydrogen-bond acceptors (Lipinski definition) is 4. The highest BCUT2D eigenvalue weighted by Gasteiger charge is 2.20. The van der Waals surface area contributed by atoms with E-state index in [0.717, 1.165) is 24.8 Å². The van der Waals surface area contributed by atoms with E-state index in [1.165, 1.54) is 57.8 Å². The fourth-order valence-electron chi connectivity index (χ4n) is 3.81. The SMILES string of the molecule is COc1cccc(N2CCN(CCN3CCC[C@@H](C)C3)CC2)c1. The van der Waals surface area contributed by atoms with Gasteiger partial charge in [-0.1, -0.05) is 13.0 Å². The van der Waals surface area contributed by atoms with Crippen LogP contribution in [-0.2, 0) is 0 Å². The molecule has 0 bridgehead atoms. The van der Waals surface area contributed by atoms with Gasteiger partial charge in [0, 0.05) is 57.6 Å². The second-order valence-corrected chi connectivity index (χ2v) is 7.08. The van der Waals surface area contributed by atoms with Crippen molar-refractivity contribution in [2.75, 3.05) is 64.4 Å². The van der Waals surface area contributed by atoms with Crippen molar-refractivity contribution in [1.29, 1.82) is 0 Å². The zero-order valence-corrected chi connectivity index (χ0v) is 14.7. The molecule has 0 N–H and O–H groups in total. The molecule has 2 fully saturated rings. The smallest absolute Gasteiger partial charge is 0.120 e. The van der Waals surface area contributed by atoms with Crippen LogP contribution < -0.4 is 9.64 Å². The van der Waals surface area contributed by atoms with Gasteiger partial charge in [-0.2, -0.15) is 0 Å². The van der Waals surface area contributed by atoms with Gasteiger partial charge >= 0.3 is 0 Å². The van der Waals surface area contributed by atoms with Crippen molar-refractivity contribution in [3.05, 3.63) is 24.3 Å². The van der Waals surface area contributed by atoms with Gasteiger partial charge in [-0.15, -0.1) is 0 Å². The van der Waals surface area contributed by atoms with Crippen LogP contribution in [0.15, 0.2) is 24.3 Å². The number of rotatable bonds is 5. The third-order valence-corrected chi connectivity index (χ3v) is 5.26. The molecule has 128 valence electrons. The quantitative estimate of drug-likeness (QED) is 0.831. The van der Waals surface area contributed by atoms with Crippen LogP contribution in [0, 0.1) is 5.92 Å². The molecule has 1 aromatic rings. The maximum Gasteiger partial charge on any atom is 0.120 e. The van der Waals surface area contributed by atoms with Crippen molar-refractivity contribution in [1.82, 2.24) is 9.80 Å². The lowest BCUT2D eigenvalue weighted by atomic mass is 10.0. The number of hydrogen-bond donors (Lipinski definition) is 0. The normalized spacial score (nSPS) is 23.9. The minimum Gasteiger partial charge on any atom is -0.497 e. The zero-order valence-electron chi connectivity index (χ0n) is 14.7. The topological polar surface area (TPSA) is 19.0 Å². The van der Waals surface area contributed by atoms with Crippen LogP contribution in [0.5, 0.6) is 5.75 Å². The summed E-state index contributed by atoms with van der Waals surface area (Å²) in [4.78, 5) is 7.75. The van der Waals surface area contributed by atoms with Crippen LogP contribution >= 0.6 is 0 Å². The van der Waals surface area contributed by atoms with E-state index in [1.54, 1.807) is 7.11 Å². The summed E-state index contributed by atoms with van der Waals surface area (Å²) in [5.41, 5.74) is 1.29. The Balaban J connectivity index is 1.43. The summed E-state index contributed by atoms with van der Waals surface area (Å²) < 4.78 is 5.34. The number of methoxy groups -OCH3 is 1. The maximum absolute atomic E-state index is 5.34. The molecule has 23 heavy (non-hydrogen) atoms. The van der Waals surface area contributed by atoms with Crippen molar-refractivity contribution in [2.24, 2.45) is 5.92 Å². The molecule has 0 amide bonds. The fraction of sp³-hybridized carbons (Fsp3) is 0.684. The highest BCUT2D eigenvalue weighted by Crippen LogP contribution is 2.22. The van der Waals surface area contributed by atoms with Gasteiger partial charge in [-0.25, -0.2) is 0 Å². The third kappa shape index (κ3) is 4.61. The number of nitrogens with zero attached hydrogens (tertiary/aromatic N) is 3. The van der Waals surface area contributed by atoms with Crippen LogP contribution in [0.1, 0.15) is 19.8 Å². The van der Waals surface area contributed by atoms with Gasteiger partial charge in [0.1, 0.15) is 5.75 Å². The van der Waals surface area contributed by atoms with Crippen molar-refractivity contribution in [3.63, 3.8) is 0 Å². The lowest BCUT2D eigenvalue weighted by molar-refractivity contribution is 0.151. The number of ether oxygens (including phenoxy) is 1. The molecule has 2 aliphatic heterocycles. The predicted octanol–water partition coefficient (Wildman–Crippen LogP) is 2.55. The first-order valence-corrected chi connectivity index (χ1v) is 9.08. The average molecular weight is 317 g/mol. The third-order valence-electron chi connectivity index (χ3n) is 5.26. The highest BCUT2D eigenvalue weighted by atomic mass is 16.5. The summed E-state index contributed by atoms with van der Waals surface area (Å²) in [5, 5.41) is 0. The Morgan fingerprint density at radius 3 is 2.57 bits per heavy atom. The van der Waals surface area contributed by atoms with E-state index in [9.17, 15) is 0 Å². The fourth-order valence-corrected chi connectivity index (χ4v) is 3.81. The predicted molar refractivity (Wildman–Crippen MR) is 96.5 cm³/mol. The summed E-state index contributed by atoms with van der Waals surface area (Å²) in [6.07, 6.45) is 2.79. The van der Waals surface area contributed by atoms with Crippen molar-refractivity contribution in [2.45, 2.75) is 19.8 Å². The molecular formula is C19H31N3O. The van der Waals surface area contributed by atoms with Gasteiger partial charge in [0.25, 0.3) is 0 Å². The molecule has 4 heteroatoms. The minimum atomic E-state index is 0.883. The monoisotopic (exact) mass is 317 g/mol. The Labute approximate surface area is 141 Å². The lowest BCUT2D eigenvalue weighted by Crippen LogP contribution is -2.49. The van der Waals surface area contributed by atoms with E-state index in [-0.39, 0.29) is 0 Å².